The van der Waals surface area contributed by atoms with Gasteiger partial charge in [-0.1, -0.05) is 30.7 Å². The first-order valence-corrected chi connectivity index (χ1v) is 9.13. The molecule has 1 aromatic carbocycles. The van der Waals surface area contributed by atoms with Gasteiger partial charge in [0.15, 0.2) is 5.82 Å². The molecule has 1 N–H and O–H groups in total. The van der Waals surface area contributed by atoms with E-state index in [0.29, 0.717) is 18.1 Å². The van der Waals surface area contributed by atoms with Crippen molar-refractivity contribution in [3.05, 3.63) is 51.9 Å². The number of H-pyrrole nitrogens is 1. The van der Waals surface area contributed by atoms with Crippen molar-refractivity contribution in [1.82, 2.24) is 29.4 Å². The molecule has 2 aromatic heterocycles. The first kappa shape index (κ1) is 16.9. The van der Waals surface area contributed by atoms with Crippen LogP contribution in [0.1, 0.15) is 18.2 Å². The molecule has 3 aromatic rings. The predicted molar refractivity (Wildman–Crippen MR) is 101 cm³/mol. The molecule has 0 aliphatic carbocycles. The van der Waals surface area contributed by atoms with E-state index in [9.17, 15) is 4.79 Å². The van der Waals surface area contributed by atoms with Crippen LogP contribution in [0.25, 0.3) is 17.2 Å². The predicted octanol–water partition coefficient (Wildman–Crippen LogP) is 1.53. The van der Waals surface area contributed by atoms with Crippen LogP contribution in [0.2, 0.25) is 0 Å². The SMILES string of the molecule is CCN1CCN(Cc2cc(=O)n3[nH]c(-c4cccc(C)c4)nc3n2)CC1. The van der Waals surface area contributed by atoms with Crippen LogP contribution in [0.15, 0.2) is 35.1 Å². The molecule has 1 fully saturated rings. The number of likely N-dealkylation sites (N-methyl/N-ethyl adjacent to an activating group) is 1. The Kier molecular flexibility index (Phi) is 4.57. The van der Waals surface area contributed by atoms with E-state index in [1.165, 1.54) is 4.52 Å². The highest BCUT2D eigenvalue weighted by atomic mass is 16.1. The average molecular weight is 352 g/mol. The van der Waals surface area contributed by atoms with Crippen LogP contribution in [-0.2, 0) is 6.54 Å². The Balaban J connectivity index is 1.59. The van der Waals surface area contributed by atoms with E-state index in [4.69, 9.17) is 0 Å². The van der Waals surface area contributed by atoms with Gasteiger partial charge >= 0.3 is 0 Å². The van der Waals surface area contributed by atoms with E-state index in [0.717, 1.165) is 49.5 Å². The highest BCUT2D eigenvalue weighted by Gasteiger charge is 2.17. The van der Waals surface area contributed by atoms with Gasteiger partial charge in [0, 0.05) is 44.4 Å². The first-order valence-electron chi connectivity index (χ1n) is 9.13. The summed E-state index contributed by atoms with van der Waals surface area (Å²) in [6.07, 6.45) is 0. The highest BCUT2D eigenvalue weighted by Crippen LogP contribution is 2.16. The van der Waals surface area contributed by atoms with Gasteiger partial charge in [-0.2, -0.15) is 9.50 Å². The summed E-state index contributed by atoms with van der Waals surface area (Å²) < 4.78 is 1.41. The van der Waals surface area contributed by atoms with Crippen LogP contribution >= 0.6 is 0 Å². The summed E-state index contributed by atoms with van der Waals surface area (Å²) in [5.74, 6) is 1.09. The second-order valence-corrected chi connectivity index (χ2v) is 6.87. The lowest BCUT2D eigenvalue weighted by molar-refractivity contribution is 0.131. The minimum atomic E-state index is -0.122. The molecule has 3 heterocycles. The number of benzene rings is 1. The number of nitrogens with zero attached hydrogens (tertiary/aromatic N) is 5. The van der Waals surface area contributed by atoms with Gasteiger partial charge in [-0.3, -0.25) is 14.8 Å². The molecular weight excluding hydrogens is 328 g/mol. The van der Waals surface area contributed by atoms with Gasteiger partial charge in [0.2, 0.25) is 0 Å². The number of hydrogen-bond donors (Lipinski definition) is 1. The Labute approximate surface area is 152 Å². The fourth-order valence-corrected chi connectivity index (χ4v) is 3.42. The Hall–Kier alpha value is -2.51. The Morgan fingerprint density at radius 2 is 1.85 bits per heavy atom. The molecule has 0 bridgehead atoms. The third kappa shape index (κ3) is 3.40. The molecule has 1 saturated heterocycles. The first-order chi connectivity index (χ1) is 12.6. The summed E-state index contributed by atoms with van der Waals surface area (Å²) in [5, 5.41) is 3.06. The van der Waals surface area contributed by atoms with Crippen molar-refractivity contribution in [3.63, 3.8) is 0 Å². The molecule has 136 valence electrons. The molecule has 0 saturated carbocycles. The molecule has 1 aliphatic rings. The molecule has 4 rings (SSSR count). The number of rotatable bonds is 4. The number of aromatic amines is 1. The summed E-state index contributed by atoms with van der Waals surface area (Å²) in [7, 11) is 0. The Bertz CT molecular complexity index is 968. The zero-order valence-corrected chi connectivity index (χ0v) is 15.3. The molecule has 0 radical (unpaired) electrons. The second kappa shape index (κ2) is 7.01. The molecule has 0 amide bonds. The van der Waals surface area contributed by atoms with Gasteiger partial charge < -0.3 is 4.90 Å². The lowest BCUT2D eigenvalue weighted by atomic mass is 10.1. The number of hydrogen-bond acceptors (Lipinski definition) is 5. The molecule has 7 nitrogen and oxygen atoms in total. The fraction of sp³-hybridized carbons (Fsp3) is 0.421. The van der Waals surface area contributed by atoms with Gasteiger partial charge in [-0.05, 0) is 19.5 Å². The van der Waals surface area contributed by atoms with E-state index in [-0.39, 0.29) is 5.56 Å². The summed E-state index contributed by atoms with van der Waals surface area (Å²) in [6, 6.07) is 9.64. The van der Waals surface area contributed by atoms with Crippen molar-refractivity contribution < 1.29 is 0 Å². The molecular formula is C19H24N6O. The smallest absolute Gasteiger partial charge is 0.274 e. The standard InChI is InChI=1S/C19H24N6O/c1-3-23-7-9-24(10-8-23)13-16-12-17(26)25-19(20-16)21-18(22-25)15-6-4-5-14(2)11-15/h4-6,11-12H,3,7-10,13H2,1-2H3,(H,20,21,22). The number of nitrogens with one attached hydrogen (secondary N) is 1. The van der Waals surface area contributed by atoms with Crippen molar-refractivity contribution in [3.8, 4) is 11.4 Å². The van der Waals surface area contributed by atoms with E-state index >= 15 is 0 Å². The number of aryl methyl sites for hydroxylation is 1. The van der Waals surface area contributed by atoms with E-state index in [2.05, 4.69) is 31.8 Å². The number of fused-ring (bicyclic) bond motifs is 1. The van der Waals surface area contributed by atoms with Crippen molar-refractivity contribution in [1.29, 1.82) is 0 Å². The quantitative estimate of drug-likeness (QED) is 0.771. The third-order valence-corrected chi connectivity index (χ3v) is 4.97. The molecule has 0 spiro atoms. The van der Waals surface area contributed by atoms with Crippen molar-refractivity contribution in [2.45, 2.75) is 20.4 Å². The molecule has 1 aliphatic heterocycles. The number of piperazine rings is 1. The monoisotopic (exact) mass is 352 g/mol. The topological polar surface area (TPSA) is 69.5 Å². The van der Waals surface area contributed by atoms with Crippen molar-refractivity contribution in [2.75, 3.05) is 32.7 Å². The second-order valence-electron chi connectivity index (χ2n) is 6.87. The van der Waals surface area contributed by atoms with Crippen LogP contribution in [0.5, 0.6) is 0 Å². The summed E-state index contributed by atoms with van der Waals surface area (Å²) in [6.45, 7) is 10.1. The average Bonchev–Trinajstić information content (AvgIpc) is 3.07. The highest BCUT2D eigenvalue weighted by molar-refractivity contribution is 5.57. The largest absolute Gasteiger partial charge is 0.301 e. The zero-order valence-electron chi connectivity index (χ0n) is 15.3. The molecule has 7 heteroatoms. The molecule has 0 atom stereocenters. The normalized spacial score (nSPS) is 16.4. The lowest BCUT2D eigenvalue weighted by Gasteiger charge is -2.33. The van der Waals surface area contributed by atoms with Gasteiger partial charge in [0.1, 0.15) is 0 Å². The van der Waals surface area contributed by atoms with Crippen molar-refractivity contribution >= 4 is 5.78 Å². The van der Waals surface area contributed by atoms with Gasteiger partial charge in [0.05, 0.1) is 5.69 Å². The van der Waals surface area contributed by atoms with Gasteiger partial charge in [0.25, 0.3) is 11.3 Å². The van der Waals surface area contributed by atoms with Crippen LogP contribution in [0.4, 0.5) is 0 Å². The van der Waals surface area contributed by atoms with E-state index < -0.39 is 0 Å². The third-order valence-electron chi connectivity index (χ3n) is 4.97. The zero-order chi connectivity index (χ0) is 18.1. The maximum Gasteiger partial charge on any atom is 0.274 e. The minimum absolute atomic E-state index is 0.122. The maximum absolute atomic E-state index is 12.5. The molecule has 0 unspecified atom stereocenters. The summed E-state index contributed by atoms with van der Waals surface area (Å²) in [4.78, 5) is 26.4. The fourth-order valence-electron chi connectivity index (χ4n) is 3.42. The van der Waals surface area contributed by atoms with Crippen LogP contribution < -0.4 is 5.56 Å². The Morgan fingerprint density at radius 3 is 2.58 bits per heavy atom. The maximum atomic E-state index is 12.5. The number of aromatic nitrogens is 4. The van der Waals surface area contributed by atoms with Crippen LogP contribution in [0, 0.1) is 6.92 Å². The van der Waals surface area contributed by atoms with Crippen LogP contribution in [0.3, 0.4) is 0 Å². The summed E-state index contributed by atoms with van der Waals surface area (Å²) >= 11 is 0. The van der Waals surface area contributed by atoms with Gasteiger partial charge in [-0.15, -0.1) is 0 Å². The molecule has 26 heavy (non-hydrogen) atoms. The van der Waals surface area contributed by atoms with Crippen molar-refractivity contribution in [2.24, 2.45) is 0 Å². The summed E-state index contributed by atoms with van der Waals surface area (Å²) in [5.41, 5.74) is 2.76. The van der Waals surface area contributed by atoms with Gasteiger partial charge in [-0.25, -0.2) is 4.98 Å². The van der Waals surface area contributed by atoms with E-state index in [1.807, 2.05) is 31.2 Å². The van der Waals surface area contributed by atoms with Crippen LogP contribution in [-0.4, -0.2) is 62.1 Å². The lowest BCUT2D eigenvalue weighted by Crippen LogP contribution is -2.45. The minimum Gasteiger partial charge on any atom is -0.301 e. The van der Waals surface area contributed by atoms with E-state index in [1.54, 1.807) is 6.07 Å². The Morgan fingerprint density at radius 1 is 1.08 bits per heavy atom.